The molecule has 0 aliphatic carbocycles. The van der Waals surface area contributed by atoms with Crippen LogP contribution >= 0.6 is 0 Å². The van der Waals surface area contributed by atoms with E-state index < -0.39 is 6.10 Å². The first kappa shape index (κ1) is 19.7. The standard InChI is InChI=1S/C23H32N2O2/c1-17-8-9-19(3)23(14-17)27-16-21(26)15-24-10-12-25(13-11-24)22-7-5-6-18(2)20(22)4/h5-9,14,21,26H,10-13,15-16H2,1-4H3. The number of hydrogen-bond donors (Lipinski definition) is 1. The summed E-state index contributed by atoms with van der Waals surface area (Å²) in [5, 5.41) is 10.4. The Hall–Kier alpha value is -2.04. The van der Waals surface area contributed by atoms with Gasteiger partial charge in [-0.25, -0.2) is 0 Å². The highest BCUT2D eigenvalue weighted by Crippen LogP contribution is 2.24. The summed E-state index contributed by atoms with van der Waals surface area (Å²) in [7, 11) is 0. The van der Waals surface area contributed by atoms with Crippen molar-refractivity contribution in [2.75, 3.05) is 44.2 Å². The molecule has 1 aliphatic heterocycles. The molecule has 0 saturated carbocycles. The van der Waals surface area contributed by atoms with Gasteiger partial charge in [0.15, 0.2) is 0 Å². The number of hydrogen-bond acceptors (Lipinski definition) is 4. The summed E-state index contributed by atoms with van der Waals surface area (Å²) >= 11 is 0. The predicted octanol–water partition coefficient (Wildman–Crippen LogP) is 3.48. The zero-order valence-electron chi connectivity index (χ0n) is 17.0. The second kappa shape index (κ2) is 8.77. The lowest BCUT2D eigenvalue weighted by Crippen LogP contribution is -2.49. The van der Waals surface area contributed by atoms with Crippen molar-refractivity contribution in [2.24, 2.45) is 0 Å². The molecule has 0 radical (unpaired) electrons. The third-order valence-electron chi connectivity index (χ3n) is 5.53. The fourth-order valence-electron chi connectivity index (χ4n) is 3.65. The van der Waals surface area contributed by atoms with E-state index in [1.807, 2.05) is 13.0 Å². The summed E-state index contributed by atoms with van der Waals surface area (Å²) in [6, 6.07) is 12.7. The van der Waals surface area contributed by atoms with Crippen molar-refractivity contribution < 1.29 is 9.84 Å². The van der Waals surface area contributed by atoms with E-state index in [4.69, 9.17) is 4.74 Å². The van der Waals surface area contributed by atoms with Crippen LogP contribution in [0.5, 0.6) is 5.75 Å². The molecule has 1 unspecified atom stereocenters. The molecule has 0 bridgehead atoms. The lowest BCUT2D eigenvalue weighted by molar-refractivity contribution is 0.0660. The third-order valence-corrected chi connectivity index (χ3v) is 5.53. The molecule has 4 heteroatoms. The molecule has 1 atom stereocenters. The van der Waals surface area contributed by atoms with Gasteiger partial charge in [-0.1, -0.05) is 24.3 Å². The average molecular weight is 369 g/mol. The second-order valence-electron chi connectivity index (χ2n) is 7.74. The maximum Gasteiger partial charge on any atom is 0.122 e. The van der Waals surface area contributed by atoms with Crippen LogP contribution in [0.2, 0.25) is 0 Å². The maximum atomic E-state index is 10.4. The van der Waals surface area contributed by atoms with Crippen LogP contribution in [0, 0.1) is 27.7 Å². The van der Waals surface area contributed by atoms with Crippen molar-refractivity contribution in [3.63, 3.8) is 0 Å². The Kier molecular flexibility index (Phi) is 6.40. The minimum atomic E-state index is -0.475. The smallest absolute Gasteiger partial charge is 0.122 e. The first-order valence-corrected chi connectivity index (χ1v) is 9.85. The van der Waals surface area contributed by atoms with Gasteiger partial charge in [-0.05, 0) is 62.1 Å². The van der Waals surface area contributed by atoms with Crippen LogP contribution < -0.4 is 9.64 Å². The number of rotatable bonds is 6. The van der Waals surface area contributed by atoms with E-state index in [-0.39, 0.29) is 0 Å². The molecule has 1 saturated heterocycles. The van der Waals surface area contributed by atoms with Crippen LogP contribution in [0.3, 0.4) is 0 Å². The monoisotopic (exact) mass is 368 g/mol. The van der Waals surface area contributed by atoms with Gasteiger partial charge in [0.05, 0.1) is 0 Å². The molecule has 3 rings (SSSR count). The van der Waals surface area contributed by atoms with Gasteiger partial charge in [-0.3, -0.25) is 4.90 Å². The van der Waals surface area contributed by atoms with Gasteiger partial charge in [0, 0.05) is 38.4 Å². The first-order valence-electron chi connectivity index (χ1n) is 9.85. The zero-order chi connectivity index (χ0) is 19.4. The number of piperazine rings is 1. The molecule has 4 nitrogen and oxygen atoms in total. The van der Waals surface area contributed by atoms with Crippen LogP contribution in [0.25, 0.3) is 0 Å². The molecule has 0 spiro atoms. The Morgan fingerprint density at radius 2 is 1.70 bits per heavy atom. The fourth-order valence-corrected chi connectivity index (χ4v) is 3.65. The van der Waals surface area contributed by atoms with Gasteiger partial charge >= 0.3 is 0 Å². The molecule has 2 aromatic carbocycles. The highest BCUT2D eigenvalue weighted by Gasteiger charge is 2.21. The summed E-state index contributed by atoms with van der Waals surface area (Å²) in [5.74, 6) is 0.869. The van der Waals surface area contributed by atoms with Crippen molar-refractivity contribution in [3.8, 4) is 5.75 Å². The Bertz CT molecular complexity index is 767. The summed E-state index contributed by atoms with van der Waals surface area (Å²) in [5.41, 5.74) is 6.33. The molecular weight excluding hydrogens is 336 g/mol. The second-order valence-corrected chi connectivity index (χ2v) is 7.74. The molecule has 1 heterocycles. The predicted molar refractivity (Wildman–Crippen MR) is 112 cm³/mol. The number of aryl methyl sites for hydroxylation is 3. The molecule has 0 aromatic heterocycles. The van der Waals surface area contributed by atoms with E-state index in [9.17, 15) is 5.11 Å². The maximum absolute atomic E-state index is 10.4. The first-order chi connectivity index (χ1) is 12.9. The summed E-state index contributed by atoms with van der Waals surface area (Å²) in [4.78, 5) is 4.79. The topological polar surface area (TPSA) is 35.9 Å². The number of nitrogens with zero attached hydrogens (tertiary/aromatic N) is 2. The van der Waals surface area contributed by atoms with E-state index in [1.54, 1.807) is 0 Å². The lowest BCUT2D eigenvalue weighted by Gasteiger charge is -2.37. The Labute approximate surface area is 163 Å². The molecule has 1 N–H and O–H groups in total. The molecule has 1 fully saturated rings. The number of ether oxygens (including phenoxy) is 1. The third kappa shape index (κ3) is 5.02. The van der Waals surface area contributed by atoms with E-state index in [0.717, 1.165) is 37.5 Å². The van der Waals surface area contributed by atoms with E-state index in [2.05, 4.69) is 60.9 Å². The van der Waals surface area contributed by atoms with Crippen LogP contribution in [0.1, 0.15) is 22.3 Å². The minimum absolute atomic E-state index is 0.335. The Morgan fingerprint density at radius 3 is 2.44 bits per heavy atom. The van der Waals surface area contributed by atoms with E-state index in [0.29, 0.717) is 13.2 Å². The van der Waals surface area contributed by atoms with Gasteiger partial charge in [0.2, 0.25) is 0 Å². The number of anilines is 1. The highest BCUT2D eigenvalue weighted by molar-refractivity contribution is 5.56. The number of β-amino-alcohol motifs (C(OH)–C–C–N with tert-alkyl or cyclic N) is 1. The normalized spacial score (nSPS) is 16.4. The van der Waals surface area contributed by atoms with Crippen LogP contribution in [0.4, 0.5) is 5.69 Å². The molecule has 0 amide bonds. The highest BCUT2D eigenvalue weighted by atomic mass is 16.5. The molecule has 1 aliphatic rings. The molecular formula is C23H32N2O2. The Balaban J connectivity index is 1.47. The van der Waals surface area contributed by atoms with Crippen LogP contribution in [0.15, 0.2) is 36.4 Å². The van der Waals surface area contributed by atoms with Gasteiger partial charge in [-0.2, -0.15) is 0 Å². The van der Waals surface area contributed by atoms with Gasteiger partial charge in [-0.15, -0.1) is 0 Å². The quantitative estimate of drug-likeness (QED) is 0.847. The molecule has 146 valence electrons. The van der Waals surface area contributed by atoms with Crippen molar-refractivity contribution in [1.29, 1.82) is 0 Å². The summed E-state index contributed by atoms with van der Waals surface area (Å²) in [6.45, 7) is 13.4. The molecule has 27 heavy (non-hydrogen) atoms. The van der Waals surface area contributed by atoms with Crippen LogP contribution in [-0.4, -0.2) is 55.4 Å². The van der Waals surface area contributed by atoms with Gasteiger partial charge < -0.3 is 14.7 Å². The summed E-state index contributed by atoms with van der Waals surface area (Å²) < 4.78 is 5.85. The van der Waals surface area contributed by atoms with Crippen molar-refractivity contribution in [3.05, 3.63) is 58.7 Å². The largest absolute Gasteiger partial charge is 0.491 e. The lowest BCUT2D eigenvalue weighted by atomic mass is 10.1. The minimum Gasteiger partial charge on any atom is -0.491 e. The Morgan fingerprint density at radius 1 is 0.963 bits per heavy atom. The average Bonchev–Trinajstić information content (AvgIpc) is 2.65. The van der Waals surface area contributed by atoms with Crippen molar-refractivity contribution in [2.45, 2.75) is 33.8 Å². The SMILES string of the molecule is Cc1ccc(C)c(OCC(O)CN2CCN(c3cccc(C)c3C)CC2)c1. The number of aliphatic hydroxyl groups is 1. The van der Waals surface area contributed by atoms with Crippen molar-refractivity contribution in [1.82, 2.24) is 4.90 Å². The van der Waals surface area contributed by atoms with Crippen LogP contribution in [-0.2, 0) is 0 Å². The summed E-state index contributed by atoms with van der Waals surface area (Å²) in [6.07, 6.45) is -0.475. The van der Waals surface area contributed by atoms with E-state index in [1.165, 1.54) is 22.4 Å². The van der Waals surface area contributed by atoms with E-state index >= 15 is 0 Å². The van der Waals surface area contributed by atoms with Gasteiger partial charge in [0.1, 0.15) is 18.5 Å². The zero-order valence-corrected chi connectivity index (χ0v) is 17.0. The van der Waals surface area contributed by atoms with Gasteiger partial charge in [0.25, 0.3) is 0 Å². The number of benzene rings is 2. The van der Waals surface area contributed by atoms with Crippen molar-refractivity contribution >= 4 is 5.69 Å². The molecule has 2 aromatic rings. The fraction of sp³-hybridized carbons (Fsp3) is 0.478. The number of aliphatic hydroxyl groups excluding tert-OH is 1.